The van der Waals surface area contributed by atoms with Gasteiger partial charge in [0.2, 0.25) is 34.7 Å². The van der Waals surface area contributed by atoms with Crippen LogP contribution in [0.4, 0.5) is 34.1 Å². The summed E-state index contributed by atoms with van der Waals surface area (Å²) in [6, 6.07) is 65.8. The molecule has 0 unspecified atom stereocenters. The van der Waals surface area contributed by atoms with Gasteiger partial charge >= 0.3 is 59.1 Å². The van der Waals surface area contributed by atoms with Gasteiger partial charge in [-0.25, -0.2) is 26.8 Å². The molecule has 32 nitrogen and oxygen atoms in total. The smallest absolute Gasteiger partial charge is 0.744 e. The molecule has 12 aromatic carbocycles. The number of hydrogen-bond acceptors (Lipinski definition) is 28. The third-order valence-electron chi connectivity index (χ3n) is 24.5. The number of allylic oxidation sites excluding steroid dienone is 8. The zero-order valence-corrected chi connectivity index (χ0v) is 84.6. The van der Waals surface area contributed by atoms with Crippen LogP contribution in [-0.4, -0.2) is 141 Å². The maximum absolute atomic E-state index is 12.7. The molecule has 0 bridgehead atoms. The maximum Gasteiger partial charge on any atom is 1.00 e. The number of nitrogens with one attached hydrogen (secondary N) is 6. The van der Waals surface area contributed by atoms with E-state index < -0.39 is 83.2 Å². The average Bonchev–Trinajstić information content (AvgIpc) is 1.59. The van der Waals surface area contributed by atoms with Crippen LogP contribution in [0.1, 0.15) is 163 Å². The van der Waals surface area contributed by atoms with Crippen LogP contribution in [0.15, 0.2) is 326 Å². The fraction of sp³-hybridized carbons (Fsp3) is 0.0769. The summed E-state index contributed by atoms with van der Waals surface area (Å²) in [5.74, 6) is -3.14. The second-order valence-electron chi connectivity index (χ2n) is 33.2. The van der Waals surface area contributed by atoms with Gasteiger partial charge in [0.15, 0.2) is 34.9 Å². The number of hydrogen-bond donors (Lipinski definition) is 10. The van der Waals surface area contributed by atoms with Gasteiger partial charge in [0, 0.05) is 146 Å². The number of aromatic hydroxyl groups is 2. The number of halogens is 2. The molecule has 0 atom stereocenters. The van der Waals surface area contributed by atoms with E-state index in [0.717, 1.165) is 107 Å². The number of Topliss-reactive ketones (excluding diaryl/α,β-unsaturated/α-hetero) is 10. The quantitative estimate of drug-likeness (QED) is 0.0420. The van der Waals surface area contributed by atoms with Crippen LogP contribution in [0.5, 0.6) is 11.8 Å². The third-order valence-corrected chi connectivity index (χ3v) is 28.9. The van der Waals surface area contributed by atoms with E-state index in [0.29, 0.717) is 108 Å². The first-order valence-electron chi connectivity index (χ1n) is 42.2. The second-order valence-corrected chi connectivity index (χ2v) is 40.6. The minimum atomic E-state index is -4.76. The van der Waals surface area contributed by atoms with Crippen molar-refractivity contribution in [3.63, 3.8) is 0 Å². The molecule has 2 aromatic heterocycles. The minimum Gasteiger partial charge on any atom is -0.744 e. The molecule has 0 amide bonds. The van der Waals surface area contributed by atoms with Crippen LogP contribution in [0.3, 0.4) is 0 Å². The number of benzene rings is 12. The molecule has 10 aliphatic rings. The van der Waals surface area contributed by atoms with Gasteiger partial charge < -0.3 is 50.6 Å². The Kier molecular flexibility index (Phi) is 29.0. The van der Waals surface area contributed by atoms with Gasteiger partial charge in [-0.1, -0.05) is 168 Å². The van der Waals surface area contributed by atoms with E-state index in [1.54, 1.807) is 36.4 Å². The SMILES string of the molecule is C.C.Cc1ccc2c(C3=Nc4cc(Br)ccc4C3=O)c(O)[nH]c2c1.Cc1ccc2c(c1)C/C(=C1/Nc3cc(Br)ccc3C1=O)C2=O.O=C1/C(=C2\Nc3c(cccc3S(=O)(=O)O)C2=O)Cc2ccc(S(=O)(=O)[O-])cc21.O=C1/C(=C2\Nc3ccc(S(=O)(=O)O)cc3C2=O)Cc2ccc(S(=O)(=O)[O-])cc21.O=C1/C(=C2\Nc3ccccc3C2=O)Cc2ccccc21.O=C1C(c2c(O)[nH]c3ccccc23)=Nc2ccccc21.[Na+].[Na+]. The second kappa shape index (κ2) is 40.0. The van der Waals surface area contributed by atoms with E-state index in [-0.39, 0.29) is 195 Å². The molecule has 14 aromatic rings. The normalized spacial score (nSPS) is 16.9. The standard InChI is InChI=1S/C18H12BrNO2.C17H11BrN2O2.2C17H11NO8S2.C17H11NO2.C16H10N2O2.2CH4.2Na/c1-9-2-4-12-10(6-9)7-14(17(12)21)16-18(22)13-5-3-11(19)8-15(13)20-16;1-8-2-4-10-12(6-8)20-17(22)14(10)15-16(21)11-5-3-9(18)7-13(11)19-15;19-16-11-6-9(27(21,22)23)2-1-8(11)5-13(16)15-17(20)12-7-10(28(24,25)26)3-4-14(12)18-15;19-16-11-7-9(27(21,22)23)5-4-8(11)6-12(16)15-17(20)10-2-1-3-13(14(10)18-15)28(24,25)26;19-16-11-6-2-1-5-10(11)9-13(16)15-17(20)12-7-3-4-8-14(12)18-15;19-15-10-6-2-4-8-12(10)17-14(15)13-9-5-1-3-7-11(9)18-16(13)20;;;;/h2-6,8,20H,7H2,1H3;2-7,20,22H,1H3;1-4,6-7,18H,5H2,(H,21,22,23)(H,24,25,26);1-5,7,18H,6H2,(H,21,22,23)(H,24,25,26);1-8,18H,9H2;1-8,18,20H;2*1H4;;/q;;;;;;;;2*+1/p-2/b16-14-;;15-13-;15-12-;15-13-;;;;;. The molecule has 6 aliphatic heterocycles. The Labute approximate surface area is 882 Å². The Morgan fingerprint density at radius 2 is 0.722 bits per heavy atom. The summed E-state index contributed by atoms with van der Waals surface area (Å²) in [4.78, 5) is 138. The summed E-state index contributed by atoms with van der Waals surface area (Å²) in [6.07, 6.45) is 1.08. The fourth-order valence-corrected chi connectivity index (χ4v) is 20.8. The van der Waals surface area contributed by atoms with Gasteiger partial charge in [0.05, 0.1) is 71.4 Å². The largest absolute Gasteiger partial charge is 1.00 e. The van der Waals surface area contributed by atoms with Gasteiger partial charge in [-0.15, -0.1) is 0 Å². The average molecular weight is 2150 g/mol. The number of aromatic amines is 2. The summed E-state index contributed by atoms with van der Waals surface area (Å²) in [7, 11) is -18.6. The van der Waals surface area contributed by atoms with Gasteiger partial charge in [0.25, 0.3) is 20.2 Å². The molecule has 0 saturated heterocycles. The van der Waals surface area contributed by atoms with Crippen molar-refractivity contribution in [1.29, 1.82) is 0 Å². The molecule has 10 N–H and O–H groups in total. The van der Waals surface area contributed by atoms with Crippen LogP contribution in [0, 0.1) is 13.8 Å². The van der Waals surface area contributed by atoms with Crippen LogP contribution in [0.2, 0.25) is 0 Å². The number of rotatable bonds is 6. The zero-order chi connectivity index (χ0) is 99.1. The van der Waals surface area contributed by atoms with Crippen molar-refractivity contribution in [2.45, 2.75) is 74.0 Å². The maximum atomic E-state index is 12.7. The molecule has 0 fully saturated rings. The number of fused-ring (bicyclic) bond motifs is 12. The van der Waals surface area contributed by atoms with Crippen LogP contribution in [0.25, 0.3) is 21.8 Å². The Morgan fingerprint density at radius 1 is 0.319 bits per heavy atom. The van der Waals surface area contributed by atoms with Gasteiger partial charge in [-0.3, -0.25) is 57.1 Å². The number of H-pyrrole nitrogens is 2. The number of anilines is 4. The number of para-hydroxylation sites is 4. The molecular formula is C104H72Br2N8Na2O24S4. The summed E-state index contributed by atoms with van der Waals surface area (Å²) in [5.41, 5.74) is 16.7. The molecule has 40 heteroatoms. The number of aromatic nitrogens is 2. The Bertz CT molecular complexity index is 8630. The van der Waals surface area contributed by atoms with Crippen LogP contribution < -0.4 is 80.4 Å². The van der Waals surface area contributed by atoms with Crippen molar-refractivity contribution in [3.8, 4) is 11.8 Å². The molecule has 0 radical (unpaired) electrons. The molecule has 0 spiro atoms. The molecule has 8 heterocycles. The number of aryl methyl sites for hydroxylation is 2. The number of aliphatic imine (C=N–C) groups is 2. The van der Waals surface area contributed by atoms with E-state index in [2.05, 4.69) is 73.1 Å². The molecule has 144 heavy (non-hydrogen) atoms. The van der Waals surface area contributed by atoms with Crippen LogP contribution >= 0.6 is 31.9 Å². The van der Waals surface area contributed by atoms with E-state index in [1.165, 1.54) is 30.3 Å². The molecular weight excluding hydrogens is 2080 g/mol. The fourth-order valence-electron chi connectivity index (χ4n) is 17.9. The first kappa shape index (κ1) is 104. The summed E-state index contributed by atoms with van der Waals surface area (Å²) < 4.78 is 133. The Morgan fingerprint density at radius 3 is 1.28 bits per heavy atom. The van der Waals surface area contributed by atoms with Crippen LogP contribution in [-0.2, 0) is 66.2 Å². The van der Waals surface area contributed by atoms with Crippen molar-refractivity contribution >= 4 is 198 Å². The first-order chi connectivity index (χ1) is 66.5. The van der Waals surface area contributed by atoms with Crippen molar-refractivity contribution in [1.82, 2.24) is 9.97 Å². The van der Waals surface area contributed by atoms with Gasteiger partial charge in [-0.05, 0) is 169 Å². The van der Waals surface area contributed by atoms with E-state index in [9.17, 15) is 105 Å². The predicted octanol–water partition coefficient (Wildman–Crippen LogP) is 12.1. The summed E-state index contributed by atoms with van der Waals surface area (Å²) in [5, 5.41) is 33.5. The van der Waals surface area contributed by atoms with E-state index >= 15 is 0 Å². The van der Waals surface area contributed by atoms with E-state index in [1.807, 2.05) is 147 Å². The van der Waals surface area contributed by atoms with Crippen molar-refractivity contribution in [2.75, 3.05) is 21.3 Å². The Hall–Kier alpha value is -13.9. The summed E-state index contributed by atoms with van der Waals surface area (Å²) >= 11 is 6.78. The monoisotopic (exact) mass is 2150 g/mol. The molecule has 0 saturated carbocycles. The van der Waals surface area contributed by atoms with Crippen molar-refractivity contribution in [2.24, 2.45) is 9.98 Å². The number of ketones is 10. The number of nitrogens with zero attached hydrogens (tertiary/aromatic N) is 2. The predicted molar refractivity (Wildman–Crippen MR) is 531 cm³/mol. The number of carbonyl (C=O) groups excluding carboxylic acids is 10. The van der Waals surface area contributed by atoms with E-state index in [4.69, 9.17) is 4.55 Å². The molecule has 712 valence electrons. The van der Waals surface area contributed by atoms with Crippen molar-refractivity contribution < 1.29 is 169 Å². The van der Waals surface area contributed by atoms with Gasteiger partial charge in [-0.2, -0.15) is 16.8 Å². The Balaban J connectivity index is 0.000000130. The molecule has 4 aliphatic carbocycles. The number of carbonyl (C=O) groups is 10. The third kappa shape index (κ3) is 19.3. The van der Waals surface area contributed by atoms with Gasteiger partial charge in [0.1, 0.15) is 36.6 Å². The minimum absolute atomic E-state index is 0. The molecule has 24 rings (SSSR count). The van der Waals surface area contributed by atoms with Crippen molar-refractivity contribution in [3.05, 3.63) is 397 Å². The summed E-state index contributed by atoms with van der Waals surface area (Å²) in [6.45, 7) is 3.98. The zero-order valence-electron chi connectivity index (χ0n) is 74.2. The first-order valence-corrected chi connectivity index (χ1v) is 49.4. The topological polar surface area (TPSA) is 539 Å².